The molecule has 4 heteroatoms. The molecule has 2 bridgehead atoms. The highest BCUT2D eigenvalue weighted by atomic mass is 15.3. The zero-order chi connectivity index (χ0) is 14.2. The fraction of sp³-hybridized carbons (Fsp3) is 0.706. The van der Waals surface area contributed by atoms with Gasteiger partial charge in [-0.1, -0.05) is 6.07 Å². The van der Waals surface area contributed by atoms with Crippen LogP contribution < -0.4 is 10.2 Å². The molecule has 0 spiro atoms. The Morgan fingerprint density at radius 1 is 1.19 bits per heavy atom. The van der Waals surface area contributed by atoms with Crippen molar-refractivity contribution in [3.8, 4) is 0 Å². The molecule has 4 nitrogen and oxygen atoms in total. The molecule has 1 saturated carbocycles. The van der Waals surface area contributed by atoms with E-state index in [0.717, 1.165) is 31.7 Å². The average molecular weight is 286 g/mol. The Balaban J connectivity index is 1.52. The van der Waals surface area contributed by atoms with Crippen molar-refractivity contribution in [1.82, 2.24) is 15.2 Å². The summed E-state index contributed by atoms with van der Waals surface area (Å²) in [6.07, 6.45) is 8.64. The van der Waals surface area contributed by atoms with Crippen molar-refractivity contribution in [1.29, 1.82) is 0 Å². The zero-order valence-electron chi connectivity index (χ0n) is 13.0. The number of hydrogen-bond donors (Lipinski definition) is 1. The van der Waals surface area contributed by atoms with Gasteiger partial charge in [0.05, 0.1) is 0 Å². The lowest BCUT2D eigenvalue weighted by Gasteiger charge is -2.28. The summed E-state index contributed by atoms with van der Waals surface area (Å²) in [5.74, 6) is 1.21. The Morgan fingerprint density at radius 3 is 2.90 bits per heavy atom. The van der Waals surface area contributed by atoms with Crippen LogP contribution in [0.3, 0.4) is 0 Å². The summed E-state index contributed by atoms with van der Waals surface area (Å²) in [4.78, 5) is 9.85. The molecule has 2 saturated heterocycles. The molecule has 2 unspecified atom stereocenters. The molecular formula is C17H26N4. The molecule has 3 aliphatic rings. The summed E-state index contributed by atoms with van der Waals surface area (Å²) in [5.41, 5.74) is 1.37. The number of nitrogens with one attached hydrogen (secondary N) is 1. The van der Waals surface area contributed by atoms with Crippen LogP contribution in [0.1, 0.15) is 37.7 Å². The quantitative estimate of drug-likeness (QED) is 0.917. The minimum absolute atomic E-state index is 0.712. The first-order valence-electron chi connectivity index (χ1n) is 8.45. The molecule has 3 fully saturated rings. The number of hydrogen-bond acceptors (Lipinski definition) is 4. The minimum Gasteiger partial charge on any atom is -0.355 e. The van der Waals surface area contributed by atoms with Crippen LogP contribution in [-0.4, -0.2) is 48.1 Å². The molecule has 1 aromatic heterocycles. The number of rotatable bonds is 4. The Morgan fingerprint density at radius 2 is 2.05 bits per heavy atom. The zero-order valence-corrected chi connectivity index (χ0v) is 13.0. The van der Waals surface area contributed by atoms with Gasteiger partial charge in [0.2, 0.25) is 0 Å². The predicted octanol–water partition coefficient (Wildman–Crippen LogP) is 2.01. The van der Waals surface area contributed by atoms with E-state index < -0.39 is 0 Å². The Kier molecular flexibility index (Phi) is 3.59. The van der Waals surface area contributed by atoms with Gasteiger partial charge in [0.25, 0.3) is 0 Å². The molecule has 4 rings (SSSR count). The molecule has 1 aromatic rings. The van der Waals surface area contributed by atoms with Crippen LogP contribution in [0.2, 0.25) is 0 Å². The van der Waals surface area contributed by atoms with Crippen LogP contribution in [-0.2, 0) is 6.54 Å². The van der Waals surface area contributed by atoms with Crippen LogP contribution >= 0.6 is 0 Å². The van der Waals surface area contributed by atoms with Gasteiger partial charge < -0.3 is 10.2 Å². The maximum absolute atomic E-state index is 4.72. The lowest BCUT2D eigenvalue weighted by molar-refractivity contribution is 0.254. The van der Waals surface area contributed by atoms with Gasteiger partial charge in [0.15, 0.2) is 0 Å². The lowest BCUT2D eigenvalue weighted by Crippen LogP contribution is -2.37. The van der Waals surface area contributed by atoms with Crippen molar-refractivity contribution < 1.29 is 0 Å². The third-order valence-electron chi connectivity index (χ3n) is 5.47. The molecular weight excluding hydrogens is 260 g/mol. The van der Waals surface area contributed by atoms with Crippen LogP contribution in [0.4, 0.5) is 5.82 Å². The average Bonchev–Trinajstić information content (AvgIpc) is 3.26. The SMILES string of the molecule is CN1C2CCC1CN(c1ncccc1CNC1CC1)CC2. The van der Waals surface area contributed by atoms with E-state index >= 15 is 0 Å². The number of nitrogens with zero attached hydrogens (tertiary/aromatic N) is 3. The highest BCUT2D eigenvalue weighted by molar-refractivity contribution is 5.47. The highest BCUT2D eigenvalue weighted by Gasteiger charge is 2.35. The van der Waals surface area contributed by atoms with Gasteiger partial charge >= 0.3 is 0 Å². The van der Waals surface area contributed by atoms with E-state index in [1.165, 1.54) is 43.5 Å². The predicted molar refractivity (Wildman–Crippen MR) is 85.5 cm³/mol. The van der Waals surface area contributed by atoms with E-state index in [0.29, 0.717) is 6.04 Å². The van der Waals surface area contributed by atoms with E-state index in [9.17, 15) is 0 Å². The third-order valence-corrected chi connectivity index (χ3v) is 5.47. The van der Waals surface area contributed by atoms with Gasteiger partial charge in [-0.05, 0) is 45.2 Å². The van der Waals surface area contributed by atoms with Crippen molar-refractivity contribution in [3.05, 3.63) is 23.9 Å². The van der Waals surface area contributed by atoms with Crippen LogP contribution in [0.25, 0.3) is 0 Å². The topological polar surface area (TPSA) is 31.4 Å². The molecule has 0 amide bonds. The summed E-state index contributed by atoms with van der Waals surface area (Å²) < 4.78 is 0. The number of anilines is 1. The second-order valence-corrected chi connectivity index (χ2v) is 6.93. The van der Waals surface area contributed by atoms with Crippen LogP contribution in [0, 0.1) is 0 Å². The minimum atomic E-state index is 0.712. The van der Waals surface area contributed by atoms with Gasteiger partial charge in [-0.15, -0.1) is 0 Å². The Hall–Kier alpha value is -1.13. The summed E-state index contributed by atoms with van der Waals surface area (Å²) in [6.45, 7) is 3.26. The molecule has 0 radical (unpaired) electrons. The molecule has 2 aliphatic heterocycles. The highest BCUT2D eigenvalue weighted by Crippen LogP contribution is 2.31. The number of likely N-dealkylation sites (N-methyl/N-ethyl adjacent to an activating group) is 1. The van der Waals surface area contributed by atoms with E-state index in [2.05, 4.69) is 34.3 Å². The first kappa shape index (κ1) is 13.5. The van der Waals surface area contributed by atoms with Gasteiger partial charge in [0, 0.05) is 49.5 Å². The maximum Gasteiger partial charge on any atom is 0.133 e. The fourth-order valence-corrected chi connectivity index (χ4v) is 3.90. The summed E-state index contributed by atoms with van der Waals surface area (Å²) >= 11 is 0. The lowest BCUT2D eigenvalue weighted by atomic mass is 10.1. The second-order valence-electron chi connectivity index (χ2n) is 6.93. The van der Waals surface area contributed by atoms with E-state index in [1.54, 1.807) is 0 Å². The molecule has 1 aliphatic carbocycles. The van der Waals surface area contributed by atoms with Gasteiger partial charge in [-0.3, -0.25) is 4.90 Å². The van der Waals surface area contributed by atoms with Crippen molar-refractivity contribution in [2.45, 2.75) is 56.8 Å². The number of pyridine rings is 1. The standard InChI is InChI=1S/C17H26N4/c1-20-15-6-7-16(20)12-21(10-8-15)17-13(3-2-9-18-17)11-19-14-4-5-14/h2-3,9,14-16,19H,4-8,10-12H2,1H3. The third kappa shape index (κ3) is 2.79. The first-order valence-corrected chi connectivity index (χ1v) is 8.45. The van der Waals surface area contributed by atoms with E-state index in [-0.39, 0.29) is 0 Å². The van der Waals surface area contributed by atoms with Crippen molar-refractivity contribution >= 4 is 5.82 Å². The Bertz CT molecular complexity index is 499. The molecule has 2 atom stereocenters. The fourth-order valence-electron chi connectivity index (χ4n) is 3.90. The smallest absolute Gasteiger partial charge is 0.133 e. The second kappa shape index (κ2) is 5.58. The first-order chi connectivity index (χ1) is 10.3. The van der Waals surface area contributed by atoms with Crippen LogP contribution in [0.5, 0.6) is 0 Å². The molecule has 1 N–H and O–H groups in total. The number of aromatic nitrogens is 1. The summed E-state index contributed by atoms with van der Waals surface area (Å²) in [5, 5.41) is 3.63. The van der Waals surface area contributed by atoms with Gasteiger partial charge in [-0.2, -0.15) is 0 Å². The molecule has 3 heterocycles. The van der Waals surface area contributed by atoms with Gasteiger partial charge in [-0.25, -0.2) is 4.98 Å². The normalized spacial score (nSPS) is 29.7. The molecule has 21 heavy (non-hydrogen) atoms. The largest absolute Gasteiger partial charge is 0.355 e. The monoisotopic (exact) mass is 286 g/mol. The van der Waals surface area contributed by atoms with Gasteiger partial charge in [0.1, 0.15) is 5.82 Å². The van der Waals surface area contributed by atoms with E-state index in [1.807, 2.05) is 6.20 Å². The Labute approximate surface area is 127 Å². The summed E-state index contributed by atoms with van der Waals surface area (Å²) in [7, 11) is 2.31. The summed E-state index contributed by atoms with van der Waals surface area (Å²) in [6, 6.07) is 6.57. The molecule has 114 valence electrons. The van der Waals surface area contributed by atoms with Crippen molar-refractivity contribution in [3.63, 3.8) is 0 Å². The van der Waals surface area contributed by atoms with E-state index in [4.69, 9.17) is 4.98 Å². The molecule has 0 aromatic carbocycles. The van der Waals surface area contributed by atoms with Crippen molar-refractivity contribution in [2.24, 2.45) is 0 Å². The maximum atomic E-state index is 4.72. The van der Waals surface area contributed by atoms with Crippen LogP contribution in [0.15, 0.2) is 18.3 Å². The van der Waals surface area contributed by atoms with Crippen molar-refractivity contribution in [2.75, 3.05) is 25.0 Å². The number of fused-ring (bicyclic) bond motifs is 2.